The van der Waals surface area contributed by atoms with Crippen molar-refractivity contribution in [2.75, 3.05) is 5.32 Å². The van der Waals surface area contributed by atoms with Crippen molar-refractivity contribution in [2.45, 2.75) is 20.4 Å². The minimum Gasteiger partial charge on any atom is -0.317 e. The van der Waals surface area contributed by atoms with Gasteiger partial charge in [-0.1, -0.05) is 29.3 Å². The molecule has 0 bridgehead atoms. The van der Waals surface area contributed by atoms with Gasteiger partial charge >= 0.3 is 5.69 Å². The fraction of sp³-hybridized carbons (Fsp3) is 0.235. The molecule has 146 valence electrons. The number of anilines is 1. The number of aryl methyl sites for hydroxylation is 2. The largest absolute Gasteiger partial charge is 0.320 e. The van der Waals surface area contributed by atoms with E-state index in [0.717, 1.165) is 5.56 Å². The Balaban J connectivity index is 1.88. The van der Waals surface area contributed by atoms with Crippen molar-refractivity contribution in [3.05, 3.63) is 67.2 Å². The molecule has 1 aromatic carbocycles. The van der Waals surface area contributed by atoms with E-state index < -0.39 is 10.8 Å². The molecule has 0 saturated carbocycles. The molecule has 0 aliphatic rings. The normalized spacial score (nSPS) is 10.9. The van der Waals surface area contributed by atoms with Gasteiger partial charge in [-0.3, -0.25) is 24.3 Å². The van der Waals surface area contributed by atoms with Crippen LogP contribution in [-0.4, -0.2) is 30.4 Å². The zero-order valence-electron chi connectivity index (χ0n) is 15.2. The minimum atomic E-state index is -0.678. The Bertz CT molecular complexity index is 1090. The molecular weight excluding hydrogens is 407 g/mol. The summed E-state index contributed by atoms with van der Waals surface area (Å²) in [5, 5.41) is 23.2. The van der Waals surface area contributed by atoms with Crippen LogP contribution in [0.2, 0.25) is 10.0 Å². The van der Waals surface area contributed by atoms with Crippen molar-refractivity contribution in [1.82, 2.24) is 19.6 Å². The van der Waals surface area contributed by atoms with Crippen LogP contribution < -0.4 is 5.32 Å². The van der Waals surface area contributed by atoms with E-state index in [1.807, 2.05) is 0 Å². The number of hydrogen-bond acceptors (Lipinski definition) is 5. The van der Waals surface area contributed by atoms with Gasteiger partial charge < -0.3 is 5.32 Å². The summed E-state index contributed by atoms with van der Waals surface area (Å²) in [6, 6.07) is 5.18. The number of halogens is 2. The number of carbonyl (C=O) groups is 1. The molecule has 1 N–H and O–H groups in total. The van der Waals surface area contributed by atoms with Crippen molar-refractivity contribution in [1.29, 1.82) is 0 Å². The lowest BCUT2D eigenvalue weighted by Gasteiger charge is -2.08. The summed E-state index contributed by atoms with van der Waals surface area (Å²) >= 11 is 12.1. The smallest absolute Gasteiger partial charge is 0.317 e. The fourth-order valence-electron chi connectivity index (χ4n) is 2.79. The van der Waals surface area contributed by atoms with E-state index >= 15 is 0 Å². The maximum absolute atomic E-state index is 12.6. The van der Waals surface area contributed by atoms with Gasteiger partial charge in [0.2, 0.25) is 5.69 Å². The average molecular weight is 423 g/mol. The van der Waals surface area contributed by atoms with Crippen LogP contribution in [0.1, 0.15) is 27.4 Å². The number of nitrogens with zero attached hydrogens (tertiary/aromatic N) is 5. The van der Waals surface area contributed by atoms with E-state index in [4.69, 9.17) is 23.2 Å². The molecule has 0 unspecified atom stereocenters. The Labute approximate surface area is 170 Å². The fourth-order valence-corrected chi connectivity index (χ4v) is 3.26. The van der Waals surface area contributed by atoms with Crippen LogP contribution >= 0.6 is 23.2 Å². The monoisotopic (exact) mass is 422 g/mol. The van der Waals surface area contributed by atoms with E-state index in [2.05, 4.69) is 15.5 Å². The number of nitro groups is 1. The second-order valence-corrected chi connectivity index (χ2v) is 7.03. The number of hydrogen-bond donors (Lipinski definition) is 1. The molecule has 0 radical (unpaired) electrons. The van der Waals surface area contributed by atoms with E-state index in [-0.39, 0.29) is 11.4 Å². The third kappa shape index (κ3) is 3.85. The molecule has 11 heteroatoms. The summed E-state index contributed by atoms with van der Waals surface area (Å²) < 4.78 is 2.91. The predicted octanol–water partition coefficient (Wildman–Crippen LogP) is 3.75. The highest BCUT2D eigenvalue weighted by Crippen LogP contribution is 2.26. The molecule has 0 aliphatic heterocycles. The zero-order chi connectivity index (χ0) is 20.6. The zero-order valence-corrected chi connectivity index (χ0v) is 16.7. The second kappa shape index (κ2) is 7.61. The van der Waals surface area contributed by atoms with Gasteiger partial charge in [0.15, 0.2) is 0 Å². The van der Waals surface area contributed by atoms with Crippen LogP contribution in [-0.2, 0) is 13.6 Å². The first kappa shape index (κ1) is 19.8. The molecular formula is C17H16Cl2N6O3. The number of carbonyl (C=O) groups excluding carboxylic acids is 1. The van der Waals surface area contributed by atoms with Gasteiger partial charge in [-0.05, 0) is 31.5 Å². The van der Waals surface area contributed by atoms with Crippen molar-refractivity contribution in [3.8, 4) is 0 Å². The van der Waals surface area contributed by atoms with Crippen LogP contribution in [0.4, 0.5) is 11.4 Å². The first-order valence-electron chi connectivity index (χ1n) is 8.14. The Morgan fingerprint density at radius 3 is 2.64 bits per heavy atom. The minimum absolute atomic E-state index is 0.264. The summed E-state index contributed by atoms with van der Waals surface area (Å²) in [4.78, 5) is 23.0. The highest BCUT2D eigenvalue weighted by atomic mass is 35.5. The molecule has 0 aliphatic carbocycles. The molecule has 0 atom stereocenters. The first-order chi connectivity index (χ1) is 13.2. The number of nitrogens with one attached hydrogen (secondary N) is 1. The molecule has 28 heavy (non-hydrogen) atoms. The van der Waals surface area contributed by atoms with Gasteiger partial charge in [0.1, 0.15) is 6.20 Å². The van der Waals surface area contributed by atoms with E-state index in [9.17, 15) is 14.9 Å². The van der Waals surface area contributed by atoms with Crippen LogP contribution in [0.15, 0.2) is 24.4 Å². The number of rotatable bonds is 5. The molecule has 1 amide bonds. The third-order valence-corrected chi connectivity index (χ3v) is 4.76. The SMILES string of the molecule is Cc1nn(Cc2ccc(Cl)cc2Cl)c(C)c1NC(=O)c1nn(C)cc1[N+](=O)[O-]. The van der Waals surface area contributed by atoms with Gasteiger partial charge in [0.25, 0.3) is 5.91 Å². The van der Waals surface area contributed by atoms with E-state index in [1.54, 1.807) is 36.7 Å². The first-order valence-corrected chi connectivity index (χ1v) is 8.90. The lowest BCUT2D eigenvalue weighted by Crippen LogP contribution is -2.15. The molecule has 2 heterocycles. The van der Waals surface area contributed by atoms with Gasteiger partial charge in [-0.25, -0.2) is 0 Å². The average Bonchev–Trinajstić information content (AvgIpc) is 3.13. The molecule has 0 saturated heterocycles. The standard InChI is InChI=1S/C17H16Cl2N6O3/c1-9-15(20-17(26)16-14(25(27)28)8-23(3)22-16)10(2)24(21-9)7-11-4-5-12(18)6-13(11)19/h4-6,8H,7H2,1-3H3,(H,20,26). The van der Waals surface area contributed by atoms with Crippen LogP contribution in [0.5, 0.6) is 0 Å². The van der Waals surface area contributed by atoms with Crippen molar-refractivity contribution in [2.24, 2.45) is 7.05 Å². The van der Waals surface area contributed by atoms with Crippen LogP contribution in [0.3, 0.4) is 0 Å². The number of amides is 1. The van der Waals surface area contributed by atoms with Crippen LogP contribution in [0, 0.1) is 24.0 Å². The molecule has 3 aromatic rings. The van der Waals surface area contributed by atoms with E-state index in [0.29, 0.717) is 33.7 Å². The van der Waals surface area contributed by atoms with Crippen LogP contribution in [0.25, 0.3) is 0 Å². The molecule has 0 spiro atoms. The van der Waals surface area contributed by atoms with Gasteiger partial charge in [0, 0.05) is 17.1 Å². The summed E-state index contributed by atoms with van der Waals surface area (Å²) in [6.45, 7) is 3.89. The lowest BCUT2D eigenvalue weighted by molar-refractivity contribution is -0.385. The topological polar surface area (TPSA) is 108 Å². The second-order valence-electron chi connectivity index (χ2n) is 6.19. The maximum Gasteiger partial charge on any atom is 0.320 e. The summed E-state index contributed by atoms with van der Waals surface area (Å²) in [5.41, 5.74) is 1.89. The Kier molecular flexibility index (Phi) is 5.39. The Hall–Kier alpha value is -2.91. The van der Waals surface area contributed by atoms with Crippen molar-refractivity contribution >= 4 is 40.5 Å². The summed E-state index contributed by atoms with van der Waals surface area (Å²) in [7, 11) is 1.51. The van der Waals surface area contributed by atoms with Gasteiger partial charge in [0.05, 0.1) is 28.5 Å². The molecule has 9 nitrogen and oxygen atoms in total. The molecule has 3 rings (SSSR count). The quantitative estimate of drug-likeness (QED) is 0.497. The molecule has 0 fully saturated rings. The Morgan fingerprint density at radius 2 is 2.00 bits per heavy atom. The predicted molar refractivity (Wildman–Crippen MR) is 105 cm³/mol. The van der Waals surface area contributed by atoms with E-state index in [1.165, 1.54) is 17.9 Å². The highest BCUT2D eigenvalue weighted by Gasteiger charge is 2.26. The Morgan fingerprint density at radius 1 is 1.29 bits per heavy atom. The lowest BCUT2D eigenvalue weighted by atomic mass is 10.2. The maximum atomic E-state index is 12.6. The summed E-state index contributed by atoms with van der Waals surface area (Å²) in [5.74, 6) is -0.678. The number of aromatic nitrogens is 4. The number of benzene rings is 1. The highest BCUT2D eigenvalue weighted by molar-refractivity contribution is 6.35. The van der Waals surface area contributed by atoms with Crippen molar-refractivity contribution in [3.63, 3.8) is 0 Å². The van der Waals surface area contributed by atoms with Gasteiger partial charge in [-0.15, -0.1) is 0 Å². The summed E-state index contributed by atoms with van der Waals surface area (Å²) in [6.07, 6.45) is 1.18. The molecule has 2 aromatic heterocycles. The van der Waals surface area contributed by atoms with Gasteiger partial charge in [-0.2, -0.15) is 10.2 Å². The van der Waals surface area contributed by atoms with Crippen molar-refractivity contribution < 1.29 is 9.72 Å². The third-order valence-electron chi connectivity index (χ3n) is 4.18.